The van der Waals surface area contributed by atoms with Crippen LogP contribution >= 0.6 is 11.8 Å². The Morgan fingerprint density at radius 1 is 1.26 bits per heavy atom. The van der Waals surface area contributed by atoms with Crippen LogP contribution < -0.4 is 0 Å². The van der Waals surface area contributed by atoms with Gasteiger partial charge in [-0.25, -0.2) is 0 Å². The van der Waals surface area contributed by atoms with Crippen LogP contribution in [0.25, 0.3) is 0 Å². The number of carbonyl (C=O) groups excluding carboxylic acids is 2. The summed E-state index contributed by atoms with van der Waals surface area (Å²) in [6.07, 6.45) is -1.68. The van der Waals surface area contributed by atoms with Crippen LogP contribution in [0.3, 0.4) is 0 Å². The third-order valence-electron chi connectivity index (χ3n) is 2.72. The third kappa shape index (κ3) is 5.14. The molecule has 0 aliphatic rings. The first kappa shape index (κ1) is 15.9. The molecule has 2 atom stereocenters. The van der Waals surface area contributed by atoms with Crippen molar-refractivity contribution in [3.05, 3.63) is 35.4 Å². The highest BCUT2D eigenvalue weighted by Crippen LogP contribution is 2.21. The molecule has 0 aromatic heterocycles. The molecule has 0 aliphatic heterocycles. The number of thioether (sulfide) groups is 1. The van der Waals surface area contributed by atoms with Gasteiger partial charge in [0.1, 0.15) is 6.10 Å². The maximum atomic E-state index is 11.3. The second kappa shape index (κ2) is 7.43. The lowest BCUT2D eigenvalue weighted by molar-refractivity contribution is -0.109. The molecule has 1 aromatic carbocycles. The summed E-state index contributed by atoms with van der Waals surface area (Å²) in [5.41, 5.74) is 1.01. The number of hydrogen-bond acceptors (Lipinski definition) is 5. The van der Waals surface area contributed by atoms with E-state index in [0.717, 1.165) is 11.8 Å². The lowest BCUT2D eigenvalue weighted by atomic mass is 9.99. The van der Waals surface area contributed by atoms with Gasteiger partial charge in [-0.2, -0.15) is 0 Å². The minimum absolute atomic E-state index is 0.0136. The Kier molecular flexibility index (Phi) is 6.21. The first-order valence-electron chi connectivity index (χ1n) is 6.02. The monoisotopic (exact) mass is 282 g/mol. The van der Waals surface area contributed by atoms with Crippen LogP contribution in [-0.4, -0.2) is 33.0 Å². The molecule has 2 N–H and O–H groups in total. The van der Waals surface area contributed by atoms with Gasteiger partial charge in [-0.1, -0.05) is 30.0 Å². The Morgan fingerprint density at radius 3 is 2.53 bits per heavy atom. The second-order valence-corrected chi connectivity index (χ2v) is 5.59. The molecule has 0 amide bonds. The van der Waals surface area contributed by atoms with E-state index in [1.807, 2.05) is 0 Å². The minimum atomic E-state index is -1.05. The lowest BCUT2D eigenvalue weighted by Gasteiger charge is -2.18. The summed E-state index contributed by atoms with van der Waals surface area (Å²) >= 11 is 1.12. The van der Waals surface area contributed by atoms with Gasteiger partial charge in [0.05, 0.1) is 6.10 Å². The molecule has 0 saturated heterocycles. The first-order chi connectivity index (χ1) is 8.91. The van der Waals surface area contributed by atoms with E-state index in [0.29, 0.717) is 23.3 Å². The predicted octanol–water partition coefficient (Wildman–Crippen LogP) is 1.95. The molecule has 2 unspecified atom stereocenters. The zero-order valence-electron chi connectivity index (χ0n) is 11.0. The van der Waals surface area contributed by atoms with Crippen molar-refractivity contribution in [3.63, 3.8) is 0 Å². The average molecular weight is 282 g/mol. The van der Waals surface area contributed by atoms with Crippen molar-refractivity contribution in [2.24, 2.45) is 0 Å². The van der Waals surface area contributed by atoms with Gasteiger partial charge in [0.25, 0.3) is 0 Å². The second-order valence-electron chi connectivity index (χ2n) is 4.32. The van der Waals surface area contributed by atoms with E-state index in [1.54, 1.807) is 24.3 Å². The molecule has 5 heteroatoms. The quantitative estimate of drug-likeness (QED) is 0.780. The zero-order chi connectivity index (χ0) is 14.4. The standard InChI is InChI=1S/C14H18O4S/c1-9(15)11-4-3-5-12(8-11)14(18)13(17)6-7-19-10(2)16/h3-5,8,13-14,17-18H,6-7H2,1-2H3. The number of aliphatic hydroxyl groups excluding tert-OH is 2. The molecule has 0 spiro atoms. The fraction of sp³-hybridized carbons (Fsp3) is 0.429. The molecule has 0 saturated carbocycles. The molecule has 104 valence electrons. The Hall–Kier alpha value is -1.17. The van der Waals surface area contributed by atoms with E-state index in [2.05, 4.69) is 0 Å². The Morgan fingerprint density at radius 2 is 1.95 bits per heavy atom. The highest BCUT2D eigenvalue weighted by Gasteiger charge is 2.19. The van der Waals surface area contributed by atoms with Gasteiger partial charge in [-0.15, -0.1) is 0 Å². The van der Waals surface area contributed by atoms with Crippen molar-refractivity contribution in [3.8, 4) is 0 Å². The molecule has 1 aromatic rings. The van der Waals surface area contributed by atoms with Crippen molar-refractivity contribution in [2.45, 2.75) is 32.5 Å². The number of hydrogen-bond donors (Lipinski definition) is 2. The fourth-order valence-corrected chi connectivity index (χ4v) is 2.29. The summed E-state index contributed by atoms with van der Waals surface area (Å²) in [5.74, 6) is 0.371. The van der Waals surface area contributed by atoms with Crippen LogP contribution in [0.15, 0.2) is 24.3 Å². The van der Waals surface area contributed by atoms with Gasteiger partial charge in [0, 0.05) is 18.2 Å². The predicted molar refractivity (Wildman–Crippen MR) is 75.2 cm³/mol. The maximum Gasteiger partial charge on any atom is 0.185 e. The van der Waals surface area contributed by atoms with Gasteiger partial charge in [-0.05, 0) is 25.0 Å². The normalized spacial score (nSPS) is 13.9. The van der Waals surface area contributed by atoms with E-state index in [1.165, 1.54) is 13.8 Å². The third-order valence-corrected chi connectivity index (χ3v) is 3.56. The SMILES string of the molecule is CC(=O)SCCC(O)C(O)c1cccc(C(C)=O)c1. The maximum absolute atomic E-state index is 11.3. The number of benzene rings is 1. The topological polar surface area (TPSA) is 74.6 Å². The number of carbonyl (C=O) groups is 2. The Balaban J connectivity index is 2.65. The van der Waals surface area contributed by atoms with Crippen molar-refractivity contribution in [1.29, 1.82) is 0 Å². The molecule has 19 heavy (non-hydrogen) atoms. The van der Waals surface area contributed by atoms with Crippen molar-refractivity contribution in [1.82, 2.24) is 0 Å². The minimum Gasteiger partial charge on any atom is -0.390 e. The van der Waals surface area contributed by atoms with E-state index in [9.17, 15) is 19.8 Å². The number of ketones is 1. The highest BCUT2D eigenvalue weighted by atomic mass is 32.2. The van der Waals surface area contributed by atoms with E-state index in [-0.39, 0.29) is 10.9 Å². The van der Waals surface area contributed by atoms with Gasteiger partial charge in [0.15, 0.2) is 10.9 Å². The van der Waals surface area contributed by atoms with Gasteiger partial charge in [-0.3, -0.25) is 9.59 Å². The summed E-state index contributed by atoms with van der Waals surface area (Å²) in [7, 11) is 0. The summed E-state index contributed by atoms with van der Waals surface area (Å²) in [6, 6.07) is 6.58. The fourth-order valence-electron chi connectivity index (χ4n) is 1.65. The molecular weight excluding hydrogens is 264 g/mol. The van der Waals surface area contributed by atoms with Crippen LogP contribution in [0.5, 0.6) is 0 Å². The van der Waals surface area contributed by atoms with Crippen LogP contribution in [0.2, 0.25) is 0 Å². The smallest absolute Gasteiger partial charge is 0.185 e. The molecule has 0 heterocycles. The van der Waals surface area contributed by atoms with Gasteiger partial charge >= 0.3 is 0 Å². The zero-order valence-corrected chi connectivity index (χ0v) is 11.8. The molecule has 0 aliphatic carbocycles. The summed E-state index contributed by atoms with van der Waals surface area (Å²) in [5, 5.41) is 19.8. The number of aliphatic hydroxyl groups is 2. The largest absolute Gasteiger partial charge is 0.390 e. The summed E-state index contributed by atoms with van der Waals surface area (Å²) < 4.78 is 0. The van der Waals surface area contributed by atoms with E-state index >= 15 is 0 Å². The Labute approximate surface area is 116 Å². The molecule has 4 nitrogen and oxygen atoms in total. The van der Waals surface area contributed by atoms with Crippen molar-refractivity contribution >= 4 is 22.7 Å². The molecule has 0 bridgehead atoms. The highest BCUT2D eigenvalue weighted by molar-refractivity contribution is 8.13. The van der Waals surface area contributed by atoms with Crippen LogP contribution in [0.4, 0.5) is 0 Å². The summed E-state index contributed by atoms with van der Waals surface area (Å²) in [4.78, 5) is 22.0. The number of Topliss-reactive ketones (excluding diaryl/α,β-unsaturated/α-hetero) is 1. The van der Waals surface area contributed by atoms with Crippen molar-refractivity contribution in [2.75, 3.05) is 5.75 Å². The van der Waals surface area contributed by atoms with E-state index < -0.39 is 12.2 Å². The first-order valence-corrected chi connectivity index (χ1v) is 7.00. The van der Waals surface area contributed by atoms with Crippen LogP contribution in [0, 0.1) is 0 Å². The molecule has 0 radical (unpaired) electrons. The summed E-state index contributed by atoms with van der Waals surface area (Å²) in [6.45, 7) is 2.91. The van der Waals surface area contributed by atoms with Gasteiger partial charge in [0.2, 0.25) is 0 Å². The molecular formula is C14H18O4S. The molecule has 1 rings (SSSR count). The van der Waals surface area contributed by atoms with Crippen LogP contribution in [0.1, 0.15) is 42.3 Å². The lowest BCUT2D eigenvalue weighted by Crippen LogP contribution is -2.19. The van der Waals surface area contributed by atoms with Crippen molar-refractivity contribution < 1.29 is 19.8 Å². The molecule has 0 fully saturated rings. The van der Waals surface area contributed by atoms with Crippen LogP contribution in [-0.2, 0) is 4.79 Å². The average Bonchev–Trinajstić information content (AvgIpc) is 2.37. The van der Waals surface area contributed by atoms with E-state index in [4.69, 9.17) is 0 Å². The van der Waals surface area contributed by atoms with Gasteiger partial charge < -0.3 is 10.2 Å². The number of rotatable bonds is 6. The Bertz CT molecular complexity index is 459.